The van der Waals surface area contributed by atoms with Gasteiger partial charge in [-0.3, -0.25) is 19.1 Å². The summed E-state index contributed by atoms with van der Waals surface area (Å²) in [6, 6.07) is 13.4. The Morgan fingerprint density at radius 3 is 2.71 bits per heavy atom. The van der Waals surface area contributed by atoms with Crippen molar-refractivity contribution in [2.75, 3.05) is 30.0 Å². The molecule has 1 N–H and O–H groups in total. The number of para-hydroxylation sites is 2. The lowest BCUT2D eigenvalue weighted by atomic mass is 10.1. The van der Waals surface area contributed by atoms with Crippen LogP contribution >= 0.6 is 0 Å². The van der Waals surface area contributed by atoms with Gasteiger partial charge in [-0.15, -0.1) is 0 Å². The van der Waals surface area contributed by atoms with Crippen LogP contribution in [0.4, 0.5) is 11.6 Å². The predicted octanol–water partition coefficient (Wildman–Crippen LogP) is 3.31. The van der Waals surface area contributed by atoms with Crippen LogP contribution in [0.3, 0.4) is 0 Å². The summed E-state index contributed by atoms with van der Waals surface area (Å²) in [5, 5.41) is 2.83. The number of aromatic nitrogens is 2. The standard InChI is InChI=1S/C25H26N4O5/c1-2-33-24(32)16-9-11-17(12-10-16)26-22(30)14-21-23(31)28(15-18-6-5-13-34-18)25-27-19-7-3-4-8-20(19)29(21)25/h3-4,7-12,18,21H,2,5-6,13-15H2,1H3,(H,26,30)/t18-,21+/m1/s1. The zero-order valence-electron chi connectivity index (χ0n) is 18.9. The fourth-order valence-corrected chi connectivity index (χ4v) is 4.55. The number of carbonyl (C=O) groups excluding carboxylic acids is 3. The number of imidazole rings is 1. The van der Waals surface area contributed by atoms with Gasteiger partial charge in [-0.25, -0.2) is 9.78 Å². The second-order valence-electron chi connectivity index (χ2n) is 8.42. The van der Waals surface area contributed by atoms with E-state index in [1.165, 1.54) is 0 Å². The Labute approximate surface area is 196 Å². The van der Waals surface area contributed by atoms with Crippen LogP contribution in [0, 0.1) is 0 Å². The van der Waals surface area contributed by atoms with E-state index in [0.717, 1.165) is 23.9 Å². The molecule has 9 heteroatoms. The SMILES string of the molecule is CCOC(=O)c1ccc(NC(=O)C[C@H]2C(=O)N(C[C@H]3CCCO3)c3nc4ccccc4n32)cc1. The topological polar surface area (TPSA) is 103 Å². The minimum atomic E-state index is -0.692. The number of anilines is 2. The number of hydrogen-bond acceptors (Lipinski definition) is 6. The predicted molar refractivity (Wildman–Crippen MR) is 126 cm³/mol. The lowest BCUT2D eigenvalue weighted by Crippen LogP contribution is -2.37. The van der Waals surface area contributed by atoms with Gasteiger partial charge < -0.3 is 14.8 Å². The van der Waals surface area contributed by atoms with Gasteiger partial charge in [-0.05, 0) is 56.2 Å². The molecule has 0 spiro atoms. The van der Waals surface area contributed by atoms with E-state index >= 15 is 0 Å². The molecule has 9 nitrogen and oxygen atoms in total. The smallest absolute Gasteiger partial charge is 0.338 e. The van der Waals surface area contributed by atoms with Crippen LogP contribution in [0.25, 0.3) is 11.0 Å². The van der Waals surface area contributed by atoms with Crippen LogP contribution in [0.15, 0.2) is 48.5 Å². The fraction of sp³-hybridized carbons (Fsp3) is 0.360. The van der Waals surface area contributed by atoms with Crippen molar-refractivity contribution in [1.29, 1.82) is 0 Å². The molecule has 3 aromatic rings. The van der Waals surface area contributed by atoms with E-state index in [1.54, 1.807) is 36.1 Å². The summed E-state index contributed by atoms with van der Waals surface area (Å²) in [5.41, 5.74) is 2.54. The minimum Gasteiger partial charge on any atom is -0.462 e. The van der Waals surface area contributed by atoms with Crippen molar-refractivity contribution in [1.82, 2.24) is 9.55 Å². The third kappa shape index (κ3) is 4.14. The van der Waals surface area contributed by atoms with E-state index in [1.807, 2.05) is 28.8 Å². The van der Waals surface area contributed by atoms with E-state index in [0.29, 0.717) is 37.0 Å². The molecule has 2 amide bonds. The average Bonchev–Trinajstić information content (AvgIpc) is 3.54. The molecule has 1 saturated heterocycles. The summed E-state index contributed by atoms with van der Waals surface area (Å²) in [5.74, 6) is -0.317. The van der Waals surface area contributed by atoms with Crippen LogP contribution < -0.4 is 10.2 Å². The molecule has 0 bridgehead atoms. The maximum Gasteiger partial charge on any atom is 0.338 e. The number of amides is 2. The second kappa shape index (κ2) is 9.26. The van der Waals surface area contributed by atoms with E-state index in [2.05, 4.69) is 10.3 Å². The summed E-state index contributed by atoms with van der Waals surface area (Å²) >= 11 is 0. The molecule has 1 aromatic heterocycles. The van der Waals surface area contributed by atoms with Gasteiger partial charge in [0.15, 0.2) is 0 Å². The van der Waals surface area contributed by atoms with Crippen molar-refractivity contribution in [3.05, 3.63) is 54.1 Å². The van der Waals surface area contributed by atoms with Crippen LogP contribution in [0.1, 0.15) is 42.6 Å². The first-order valence-electron chi connectivity index (χ1n) is 11.5. The van der Waals surface area contributed by atoms with E-state index in [9.17, 15) is 14.4 Å². The molecule has 2 aliphatic rings. The largest absolute Gasteiger partial charge is 0.462 e. The molecule has 0 aliphatic carbocycles. The first-order chi connectivity index (χ1) is 16.5. The van der Waals surface area contributed by atoms with Gasteiger partial charge in [-0.2, -0.15) is 0 Å². The molecule has 1 fully saturated rings. The van der Waals surface area contributed by atoms with Crippen molar-refractivity contribution >= 4 is 40.5 Å². The summed E-state index contributed by atoms with van der Waals surface area (Å²) in [7, 11) is 0. The highest BCUT2D eigenvalue weighted by atomic mass is 16.5. The molecule has 0 saturated carbocycles. The molecule has 2 aromatic carbocycles. The highest BCUT2D eigenvalue weighted by Gasteiger charge is 2.42. The second-order valence-corrected chi connectivity index (χ2v) is 8.42. The average molecular weight is 463 g/mol. The van der Waals surface area contributed by atoms with Gasteiger partial charge >= 0.3 is 5.97 Å². The Bertz CT molecular complexity index is 1230. The van der Waals surface area contributed by atoms with Crippen LogP contribution in [0.5, 0.6) is 0 Å². The Morgan fingerprint density at radius 1 is 1.18 bits per heavy atom. The Kier molecular flexibility index (Phi) is 6.02. The van der Waals surface area contributed by atoms with E-state index in [-0.39, 0.29) is 24.3 Å². The number of esters is 1. The fourth-order valence-electron chi connectivity index (χ4n) is 4.55. The zero-order valence-corrected chi connectivity index (χ0v) is 18.9. The van der Waals surface area contributed by atoms with Crippen molar-refractivity contribution in [2.45, 2.75) is 38.3 Å². The van der Waals surface area contributed by atoms with Gasteiger partial charge in [0.1, 0.15) is 6.04 Å². The Hall–Kier alpha value is -3.72. The van der Waals surface area contributed by atoms with Gasteiger partial charge in [0.2, 0.25) is 11.9 Å². The molecule has 34 heavy (non-hydrogen) atoms. The van der Waals surface area contributed by atoms with Gasteiger partial charge in [0.25, 0.3) is 5.91 Å². The molecule has 2 aliphatic heterocycles. The number of nitrogens with one attached hydrogen (secondary N) is 1. The maximum atomic E-state index is 13.4. The quantitative estimate of drug-likeness (QED) is 0.541. The molecule has 5 rings (SSSR count). The molecule has 2 atom stereocenters. The minimum absolute atomic E-state index is 0.0253. The Balaban J connectivity index is 1.35. The van der Waals surface area contributed by atoms with Crippen LogP contribution in [0.2, 0.25) is 0 Å². The maximum absolute atomic E-state index is 13.4. The molecule has 0 unspecified atom stereocenters. The normalized spacial score (nSPS) is 19.4. The first kappa shape index (κ1) is 22.1. The van der Waals surface area contributed by atoms with Crippen molar-refractivity contribution < 1.29 is 23.9 Å². The van der Waals surface area contributed by atoms with Crippen LogP contribution in [-0.4, -0.2) is 53.2 Å². The van der Waals surface area contributed by atoms with Crippen molar-refractivity contribution in [3.63, 3.8) is 0 Å². The molecular formula is C25H26N4O5. The summed E-state index contributed by atoms with van der Waals surface area (Å²) in [6.07, 6.45) is 1.82. The van der Waals surface area contributed by atoms with E-state index < -0.39 is 12.0 Å². The highest BCUT2D eigenvalue weighted by Crippen LogP contribution is 2.37. The van der Waals surface area contributed by atoms with Gasteiger partial charge in [0.05, 0.1) is 42.3 Å². The number of nitrogens with zero attached hydrogens (tertiary/aromatic N) is 3. The number of benzene rings is 2. The van der Waals surface area contributed by atoms with Gasteiger partial charge in [-0.1, -0.05) is 12.1 Å². The number of fused-ring (bicyclic) bond motifs is 3. The van der Waals surface area contributed by atoms with Crippen LogP contribution in [-0.2, 0) is 19.1 Å². The van der Waals surface area contributed by atoms with Crippen molar-refractivity contribution in [2.24, 2.45) is 0 Å². The number of rotatable bonds is 7. The van der Waals surface area contributed by atoms with Gasteiger partial charge in [0, 0.05) is 12.3 Å². The van der Waals surface area contributed by atoms with E-state index in [4.69, 9.17) is 9.47 Å². The summed E-state index contributed by atoms with van der Waals surface area (Å²) in [4.78, 5) is 44.5. The first-order valence-corrected chi connectivity index (χ1v) is 11.5. The highest BCUT2D eigenvalue weighted by molar-refractivity contribution is 6.05. The molecule has 176 valence electrons. The number of hydrogen-bond donors (Lipinski definition) is 1. The number of ether oxygens (including phenoxy) is 2. The third-order valence-corrected chi connectivity index (χ3v) is 6.15. The lowest BCUT2D eigenvalue weighted by Gasteiger charge is -2.19. The summed E-state index contributed by atoms with van der Waals surface area (Å²) < 4.78 is 12.6. The lowest BCUT2D eigenvalue weighted by molar-refractivity contribution is -0.124. The van der Waals surface area contributed by atoms with Crippen molar-refractivity contribution in [3.8, 4) is 0 Å². The molecular weight excluding hydrogens is 436 g/mol. The third-order valence-electron chi connectivity index (χ3n) is 6.15. The zero-order chi connectivity index (χ0) is 23.7. The molecule has 3 heterocycles. The number of carbonyl (C=O) groups is 3. The summed E-state index contributed by atoms with van der Waals surface area (Å²) in [6.45, 7) is 3.16. The molecule has 0 radical (unpaired) electrons. The Morgan fingerprint density at radius 2 is 1.97 bits per heavy atom. The monoisotopic (exact) mass is 462 g/mol.